The molecule has 1 aromatic heterocycles. The summed E-state index contributed by atoms with van der Waals surface area (Å²) in [5.74, 6) is 0.406. The predicted octanol–water partition coefficient (Wildman–Crippen LogP) is 7.05. The van der Waals surface area contributed by atoms with Gasteiger partial charge in [-0.3, -0.25) is 9.80 Å². The summed E-state index contributed by atoms with van der Waals surface area (Å²) < 4.78 is 21.1. The number of aliphatic hydroxyl groups excluding tert-OH is 1. The normalized spacial score (nSPS) is 18.3. The third kappa shape index (κ3) is 6.81. The second-order valence-corrected chi connectivity index (χ2v) is 29.5. The lowest BCUT2D eigenvalue weighted by molar-refractivity contribution is -0.0227. The largest absolute Gasteiger partial charge is 0.399 e. The van der Waals surface area contributed by atoms with Crippen molar-refractivity contribution >= 4 is 36.8 Å². The van der Waals surface area contributed by atoms with Gasteiger partial charge in [0.25, 0.3) is 0 Å². The number of nitrogens with zero attached hydrogens (tertiary/aromatic N) is 4. The molecule has 1 N–H and O–H groups in total. The van der Waals surface area contributed by atoms with Gasteiger partial charge in [0.15, 0.2) is 37.0 Å². The Morgan fingerprint density at radius 3 is 1.58 bits per heavy atom. The number of hydrogen-bond acceptors (Lipinski definition) is 6. The molecule has 0 fully saturated rings. The van der Waals surface area contributed by atoms with Crippen LogP contribution in [-0.4, -0.2) is 64.0 Å². The van der Waals surface area contributed by atoms with Gasteiger partial charge in [0.1, 0.15) is 25.9 Å². The van der Waals surface area contributed by atoms with Crippen LogP contribution >= 0.6 is 0 Å². The number of urea groups is 1. The highest BCUT2D eigenvalue weighted by Gasteiger charge is 2.45. The first-order chi connectivity index (χ1) is 16.8. The molecule has 2 amide bonds. The summed E-state index contributed by atoms with van der Waals surface area (Å²) >= 11 is 0. The van der Waals surface area contributed by atoms with Crippen LogP contribution in [0.3, 0.4) is 0 Å². The molecule has 1 unspecified atom stereocenters. The Balaban J connectivity index is 2.45. The van der Waals surface area contributed by atoms with E-state index in [1.165, 1.54) is 9.80 Å². The molecule has 12 heteroatoms. The lowest BCUT2D eigenvalue weighted by Crippen LogP contribution is -2.55. The van der Waals surface area contributed by atoms with E-state index in [2.05, 4.69) is 107 Å². The zero-order valence-electron chi connectivity index (χ0n) is 26.6. The number of anilines is 1. The molecular weight excluding hydrogens is 533 g/mol. The van der Waals surface area contributed by atoms with Crippen LogP contribution in [0.4, 0.5) is 10.6 Å². The molecule has 0 spiro atoms. The molecule has 1 aliphatic rings. The van der Waals surface area contributed by atoms with E-state index in [0.29, 0.717) is 11.5 Å². The lowest BCUT2D eigenvalue weighted by atomic mass is 10.2. The predicted molar refractivity (Wildman–Crippen MR) is 161 cm³/mol. The molecule has 0 saturated heterocycles. The monoisotopic (exact) mass is 586 g/mol. The number of fused-ring (bicyclic) bond motifs is 1. The molecule has 9 nitrogen and oxygen atoms in total. The highest BCUT2D eigenvalue weighted by Crippen LogP contribution is 2.41. The van der Waals surface area contributed by atoms with E-state index in [1.807, 2.05) is 4.57 Å². The summed E-state index contributed by atoms with van der Waals surface area (Å²) in [5.41, 5.74) is 0.515. The van der Waals surface area contributed by atoms with Crippen molar-refractivity contribution in [2.24, 2.45) is 0 Å². The average Bonchev–Trinajstić information content (AvgIpc) is 3.13. The maximum Gasteiger partial charge on any atom is 0.331 e. The standard InChI is InChI=1S/C26H54N4O5Si3/c1-24(2,3)36(10,11)33-17-28-16-27-21-20(28)22(31)30(19-35-38(14,15)26(7,8)9)23(32)29(21)18-34-37(12,13)25(4,5)6/h16,22,31H,17-19H2,1-15H3. The second kappa shape index (κ2) is 10.7. The molecule has 0 bridgehead atoms. The van der Waals surface area contributed by atoms with Crippen molar-refractivity contribution in [3.05, 3.63) is 12.0 Å². The molecule has 0 saturated carbocycles. The summed E-state index contributed by atoms with van der Waals surface area (Å²) in [6.45, 7) is 32.8. The Morgan fingerprint density at radius 2 is 1.16 bits per heavy atom. The molecule has 1 aromatic rings. The number of rotatable bonds is 9. The number of hydrogen-bond donors (Lipinski definition) is 1. The zero-order valence-corrected chi connectivity index (χ0v) is 29.6. The smallest absolute Gasteiger partial charge is 0.331 e. The first-order valence-corrected chi connectivity index (χ1v) is 22.3. The minimum Gasteiger partial charge on any atom is -0.399 e. The Hall–Kier alpha value is -1.03. The van der Waals surface area contributed by atoms with E-state index in [0.717, 1.165) is 0 Å². The van der Waals surface area contributed by atoms with E-state index in [4.69, 9.17) is 13.3 Å². The van der Waals surface area contributed by atoms with Crippen molar-refractivity contribution in [3.63, 3.8) is 0 Å². The van der Waals surface area contributed by atoms with Crippen molar-refractivity contribution < 1.29 is 23.2 Å². The SMILES string of the molecule is CC(C)(C)[Si](C)(C)OCN1C(=O)N(CO[Si](C)(C)C(C)(C)C)C(O)c2c1ncn2CO[Si](C)(C)C(C)(C)C. The van der Waals surface area contributed by atoms with Gasteiger partial charge in [0.2, 0.25) is 0 Å². The highest BCUT2D eigenvalue weighted by molar-refractivity contribution is 6.74. The van der Waals surface area contributed by atoms with Gasteiger partial charge in [-0.2, -0.15) is 0 Å². The summed E-state index contributed by atoms with van der Waals surface area (Å²) in [6, 6.07) is -0.377. The Kier molecular flexibility index (Phi) is 9.39. The fourth-order valence-electron chi connectivity index (χ4n) is 3.03. The van der Waals surface area contributed by atoms with Gasteiger partial charge >= 0.3 is 6.03 Å². The van der Waals surface area contributed by atoms with Crippen LogP contribution in [0.5, 0.6) is 0 Å². The van der Waals surface area contributed by atoms with Crippen LogP contribution in [0.2, 0.25) is 54.4 Å². The molecule has 38 heavy (non-hydrogen) atoms. The van der Waals surface area contributed by atoms with Crippen molar-refractivity contribution in [1.29, 1.82) is 0 Å². The van der Waals surface area contributed by atoms with Crippen molar-refractivity contribution in [3.8, 4) is 0 Å². The van der Waals surface area contributed by atoms with E-state index in [1.54, 1.807) is 6.33 Å². The number of imidazole rings is 1. The molecule has 220 valence electrons. The van der Waals surface area contributed by atoms with Crippen molar-refractivity contribution in [1.82, 2.24) is 14.5 Å². The number of carbonyl (C=O) groups is 1. The number of amides is 2. The van der Waals surface area contributed by atoms with Crippen LogP contribution in [-0.2, 0) is 20.0 Å². The van der Waals surface area contributed by atoms with Gasteiger partial charge in [-0.25, -0.2) is 9.78 Å². The van der Waals surface area contributed by atoms with Crippen LogP contribution in [0.15, 0.2) is 6.33 Å². The van der Waals surface area contributed by atoms with Gasteiger partial charge in [0.05, 0.1) is 6.33 Å². The molecule has 2 rings (SSSR count). The molecule has 0 radical (unpaired) electrons. The third-order valence-electron chi connectivity index (χ3n) is 9.23. The van der Waals surface area contributed by atoms with E-state index >= 15 is 0 Å². The number of aromatic nitrogens is 2. The second-order valence-electron chi connectivity index (χ2n) is 15.1. The summed E-state index contributed by atoms with van der Waals surface area (Å²) in [7, 11) is -6.40. The zero-order chi connectivity index (χ0) is 29.7. The highest BCUT2D eigenvalue weighted by atomic mass is 28.4. The topological polar surface area (TPSA) is 89.3 Å². The summed E-state index contributed by atoms with van der Waals surface area (Å²) in [5, 5.41) is 11.5. The molecular formula is C26H54N4O5Si3. The molecule has 0 aromatic carbocycles. The van der Waals surface area contributed by atoms with Gasteiger partial charge in [0, 0.05) is 0 Å². The average molecular weight is 587 g/mol. The van der Waals surface area contributed by atoms with E-state index < -0.39 is 31.2 Å². The summed E-state index contributed by atoms with van der Waals surface area (Å²) in [4.78, 5) is 21.3. The number of carbonyl (C=O) groups excluding carboxylic acids is 1. The van der Waals surface area contributed by atoms with Crippen molar-refractivity contribution in [2.45, 2.75) is 130 Å². The first kappa shape index (κ1) is 33.2. The fourth-order valence-corrected chi connectivity index (χ4v) is 5.71. The number of aliphatic hydroxyl groups is 1. The van der Waals surface area contributed by atoms with Gasteiger partial charge in [-0.05, 0) is 54.4 Å². The van der Waals surface area contributed by atoms with Crippen LogP contribution in [0.25, 0.3) is 0 Å². The fraction of sp³-hybridized carbons (Fsp3) is 0.846. The van der Waals surface area contributed by atoms with Gasteiger partial charge in [-0.15, -0.1) is 0 Å². The van der Waals surface area contributed by atoms with Crippen LogP contribution in [0.1, 0.15) is 74.2 Å². The minimum atomic E-state index is -2.18. The van der Waals surface area contributed by atoms with E-state index in [-0.39, 0.29) is 41.3 Å². The van der Waals surface area contributed by atoms with Crippen molar-refractivity contribution in [2.75, 3.05) is 18.4 Å². The minimum absolute atomic E-state index is 0.0131. The first-order valence-electron chi connectivity index (χ1n) is 13.6. The quantitative estimate of drug-likeness (QED) is 0.312. The Morgan fingerprint density at radius 1 is 0.763 bits per heavy atom. The Bertz CT molecular complexity index is 990. The molecule has 1 atom stereocenters. The third-order valence-corrected chi connectivity index (χ3v) is 22.6. The maximum absolute atomic E-state index is 13.8. The molecule has 0 aliphatic carbocycles. The summed E-state index contributed by atoms with van der Waals surface area (Å²) in [6.07, 6.45) is 0.433. The maximum atomic E-state index is 13.8. The van der Waals surface area contributed by atoms with Crippen LogP contribution < -0.4 is 4.90 Å². The molecule has 2 heterocycles. The van der Waals surface area contributed by atoms with Gasteiger partial charge < -0.3 is 23.0 Å². The Labute approximate surface area is 234 Å². The molecule has 1 aliphatic heterocycles. The van der Waals surface area contributed by atoms with E-state index in [9.17, 15) is 9.90 Å². The van der Waals surface area contributed by atoms with Gasteiger partial charge in [-0.1, -0.05) is 62.3 Å². The van der Waals surface area contributed by atoms with Crippen LogP contribution in [0, 0.1) is 0 Å². The lowest BCUT2D eigenvalue weighted by Gasteiger charge is -2.43.